The number of furan rings is 1. The van der Waals surface area contributed by atoms with Crippen LogP contribution in [0.5, 0.6) is 5.75 Å². The molecule has 2 aromatic heterocycles. The van der Waals surface area contributed by atoms with Crippen LogP contribution in [0, 0.1) is 10.1 Å². The number of carbonyl (C=O) groups excluding carboxylic acids is 1. The normalized spacial score (nSPS) is 15.1. The zero-order valence-corrected chi connectivity index (χ0v) is 21.4. The van der Waals surface area contributed by atoms with E-state index in [1.807, 2.05) is 30.3 Å². The Morgan fingerprint density at radius 1 is 1.16 bits per heavy atom. The van der Waals surface area contributed by atoms with Crippen molar-refractivity contribution in [2.45, 2.75) is 13.0 Å². The number of methoxy groups -OCH3 is 2. The van der Waals surface area contributed by atoms with E-state index in [4.69, 9.17) is 13.9 Å². The van der Waals surface area contributed by atoms with Gasteiger partial charge in [0, 0.05) is 6.08 Å². The molecule has 1 unspecified atom stereocenters. The zero-order chi connectivity index (χ0) is 27.0. The molecule has 5 rings (SSSR count). The van der Waals surface area contributed by atoms with E-state index in [1.165, 1.54) is 24.9 Å². The van der Waals surface area contributed by atoms with Crippen molar-refractivity contribution in [3.63, 3.8) is 0 Å². The minimum absolute atomic E-state index is 0.168. The van der Waals surface area contributed by atoms with Gasteiger partial charge >= 0.3 is 5.97 Å². The van der Waals surface area contributed by atoms with Crippen molar-refractivity contribution in [1.82, 2.24) is 4.57 Å². The Kier molecular flexibility index (Phi) is 6.52. The van der Waals surface area contributed by atoms with Crippen LogP contribution in [0.3, 0.4) is 0 Å². The first-order valence-electron chi connectivity index (χ1n) is 11.4. The first-order valence-corrected chi connectivity index (χ1v) is 12.2. The van der Waals surface area contributed by atoms with Gasteiger partial charge in [0.2, 0.25) is 0 Å². The van der Waals surface area contributed by atoms with Crippen molar-refractivity contribution in [2.24, 2.45) is 4.99 Å². The number of fused-ring (bicyclic) bond motifs is 1. The van der Waals surface area contributed by atoms with E-state index in [2.05, 4.69) is 4.99 Å². The van der Waals surface area contributed by atoms with Crippen LogP contribution in [0.2, 0.25) is 0 Å². The Hall–Kier alpha value is -4.77. The number of allylic oxidation sites excluding steroid dienone is 1. The Labute approximate surface area is 219 Å². The molecule has 1 aliphatic rings. The number of carbonyl (C=O) groups is 1. The van der Waals surface area contributed by atoms with E-state index in [0.29, 0.717) is 26.5 Å². The molecule has 38 heavy (non-hydrogen) atoms. The molecule has 0 saturated carbocycles. The summed E-state index contributed by atoms with van der Waals surface area (Å²) >= 11 is 1.16. The van der Waals surface area contributed by atoms with Crippen molar-refractivity contribution < 1.29 is 23.6 Å². The second-order valence-electron chi connectivity index (χ2n) is 8.33. The number of nitrogens with zero attached hydrogens (tertiary/aromatic N) is 3. The lowest BCUT2D eigenvalue weighted by Gasteiger charge is -2.24. The lowest BCUT2D eigenvalue weighted by molar-refractivity contribution is -0.384. The Morgan fingerprint density at radius 2 is 1.92 bits per heavy atom. The SMILES string of the molecule is COC(=O)C1=C(C)N=c2sc(=Cc3ccc(-c4ccc(OC)cc4[N+](=O)[O-])o3)c(=O)n2C1c1ccccc1. The highest BCUT2D eigenvalue weighted by Gasteiger charge is 2.33. The summed E-state index contributed by atoms with van der Waals surface area (Å²) in [6, 6.07) is 16.2. The summed E-state index contributed by atoms with van der Waals surface area (Å²) in [4.78, 5) is 42.4. The van der Waals surface area contributed by atoms with Crippen LogP contribution in [0.25, 0.3) is 17.4 Å². The van der Waals surface area contributed by atoms with Gasteiger partial charge in [-0.3, -0.25) is 19.5 Å². The van der Waals surface area contributed by atoms with Crippen LogP contribution in [0.4, 0.5) is 5.69 Å². The van der Waals surface area contributed by atoms with Gasteiger partial charge in [-0.15, -0.1) is 0 Å². The van der Waals surface area contributed by atoms with Crippen molar-refractivity contribution in [3.8, 4) is 17.1 Å². The van der Waals surface area contributed by atoms with Gasteiger partial charge in [0.05, 0.1) is 52.6 Å². The van der Waals surface area contributed by atoms with Gasteiger partial charge in [0.15, 0.2) is 4.80 Å². The van der Waals surface area contributed by atoms with Gasteiger partial charge < -0.3 is 13.9 Å². The quantitative estimate of drug-likeness (QED) is 0.211. The lowest BCUT2D eigenvalue weighted by Crippen LogP contribution is -2.39. The van der Waals surface area contributed by atoms with Crippen LogP contribution in [-0.2, 0) is 9.53 Å². The minimum Gasteiger partial charge on any atom is -0.497 e. The highest BCUT2D eigenvalue weighted by atomic mass is 32.1. The number of thiazole rings is 1. The Morgan fingerprint density at radius 3 is 2.61 bits per heavy atom. The molecule has 0 radical (unpaired) electrons. The van der Waals surface area contributed by atoms with Gasteiger partial charge in [0.25, 0.3) is 11.2 Å². The van der Waals surface area contributed by atoms with Crippen LogP contribution in [0.1, 0.15) is 24.3 Å². The van der Waals surface area contributed by atoms with Gasteiger partial charge in [-0.2, -0.15) is 0 Å². The average Bonchev–Trinajstić information content (AvgIpc) is 3.51. The summed E-state index contributed by atoms with van der Waals surface area (Å²) in [6.07, 6.45) is 1.56. The molecular weight excluding hydrogens is 510 g/mol. The van der Waals surface area contributed by atoms with Gasteiger partial charge in [-0.25, -0.2) is 9.79 Å². The fourth-order valence-electron chi connectivity index (χ4n) is 4.35. The van der Waals surface area contributed by atoms with Crippen molar-refractivity contribution in [2.75, 3.05) is 14.2 Å². The zero-order valence-electron chi connectivity index (χ0n) is 20.5. The monoisotopic (exact) mass is 531 g/mol. The first kappa shape index (κ1) is 24.9. The molecule has 192 valence electrons. The average molecular weight is 532 g/mol. The Balaban J connectivity index is 1.62. The maximum Gasteiger partial charge on any atom is 0.338 e. The van der Waals surface area contributed by atoms with E-state index < -0.39 is 16.9 Å². The maximum atomic E-state index is 13.6. The number of aromatic nitrogens is 1. The van der Waals surface area contributed by atoms with Crippen molar-refractivity contribution in [1.29, 1.82) is 0 Å². The summed E-state index contributed by atoms with van der Waals surface area (Å²) < 4.78 is 17.8. The predicted molar refractivity (Wildman–Crippen MR) is 140 cm³/mol. The topological polar surface area (TPSA) is 126 Å². The van der Waals surface area contributed by atoms with Crippen LogP contribution in [0.15, 0.2) is 86.1 Å². The molecule has 0 aliphatic carbocycles. The smallest absolute Gasteiger partial charge is 0.338 e. The summed E-state index contributed by atoms with van der Waals surface area (Å²) in [5.41, 5.74) is 1.24. The van der Waals surface area contributed by atoms with Crippen LogP contribution >= 0.6 is 11.3 Å². The fraction of sp³-hybridized carbons (Fsp3) is 0.148. The number of ether oxygens (including phenoxy) is 2. The highest BCUT2D eigenvalue weighted by Crippen LogP contribution is 2.34. The second-order valence-corrected chi connectivity index (χ2v) is 9.34. The largest absolute Gasteiger partial charge is 0.497 e. The molecule has 0 N–H and O–H groups in total. The molecule has 0 saturated heterocycles. The molecule has 1 atom stereocenters. The number of benzene rings is 2. The van der Waals surface area contributed by atoms with E-state index in [-0.39, 0.29) is 28.1 Å². The molecule has 0 amide bonds. The number of nitro benzene ring substituents is 1. The van der Waals surface area contributed by atoms with E-state index >= 15 is 0 Å². The van der Waals surface area contributed by atoms with E-state index in [0.717, 1.165) is 16.9 Å². The molecule has 0 fully saturated rings. The molecule has 0 bridgehead atoms. The minimum atomic E-state index is -0.712. The third-order valence-corrected chi connectivity index (χ3v) is 7.09. The molecule has 3 heterocycles. The summed E-state index contributed by atoms with van der Waals surface area (Å²) in [5, 5.41) is 11.6. The molecule has 4 aromatic rings. The molecule has 2 aromatic carbocycles. The standard InChI is InChI=1S/C27H21N3O7S/c1-15-23(26(32)36-3)24(16-7-5-4-6-8-16)29-25(31)22(38-27(29)28-15)14-18-10-12-21(37-18)19-11-9-17(35-2)13-20(19)30(33)34/h4-14,24H,1-3H3. The highest BCUT2D eigenvalue weighted by molar-refractivity contribution is 7.07. The van der Waals surface area contributed by atoms with Gasteiger partial charge in [-0.05, 0) is 36.8 Å². The maximum absolute atomic E-state index is 13.6. The van der Waals surface area contributed by atoms with Crippen LogP contribution in [-0.4, -0.2) is 29.7 Å². The third-order valence-electron chi connectivity index (χ3n) is 6.11. The first-order chi connectivity index (χ1) is 18.3. The summed E-state index contributed by atoms with van der Waals surface area (Å²) in [7, 11) is 2.72. The molecule has 11 heteroatoms. The Bertz CT molecular complexity index is 1780. The molecule has 1 aliphatic heterocycles. The number of esters is 1. The van der Waals surface area contributed by atoms with Gasteiger partial charge in [-0.1, -0.05) is 41.7 Å². The predicted octanol–water partition coefficient (Wildman–Crippen LogP) is 3.59. The number of nitro groups is 1. The molecular formula is C27H21N3O7S. The summed E-state index contributed by atoms with van der Waals surface area (Å²) in [6.45, 7) is 1.71. The number of hydrogen-bond acceptors (Lipinski definition) is 9. The fourth-order valence-corrected chi connectivity index (χ4v) is 5.37. The van der Waals surface area contributed by atoms with Crippen molar-refractivity contribution >= 4 is 29.1 Å². The van der Waals surface area contributed by atoms with E-state index in [1.54, 1.807) is 37.3 Å². The molecule has 0 spiro atoms. The molecule has 10 nitrogen and oxygen atoms in total. The number of rotatable bonds is 6. The van der Waals surface area contributed by atoms with Gasteiger partial charge in [0.1, 0.15) is 17.3 Å². The third kappa shape index (κ3) is 4.33. The van der Waals surface area contributed by atoms with Crippen LogP contribution < -0.4 is 19.6 Å². The summed E-state index contributed by atoms with van der Waals surface area (Å²) in [5.74, 6) is 0.383. The van der Waals surface area contributed by atoms with Crippen molar-refractivity contribution in [3.05, 3.63) is 113 Å². The second kappa shape index (κ2) is 9.94. The van der Waals surface area contributed by atoms with E-state index in [9.17, 15) is 19.7 Å². The lowest BCUT2D eigenvalue weighted by atomic mass is 9.96. The number of hydrogen-bond donors (Lipinski definition) is 0.